The van der Waals surface area contributed by atoms with E-state index in [1.165, 1.54) is 40.3 Å². The molecular formula is C66H44N2O2S2. The van der Waals surface area contributed by atoms with Crippen molar-refractivity contribution in [1.82, 2.24) is 0 Å². The van der Waals surface area contributed by atoms with Crippen LogP contribution in [0.15, 0.2) is 231 Å². The van der Waals surface area contributed by atoms with Crippen LogP contribution < -0.4 is 19.3 Å². The molecule has 0 unspecified atom stereocenters. The molecule has 0 radical (unpaired) electrons. The third-order valence-electron chi connectivity index (χ3n) is 14.1. The van der Waals surface area contributed by atoms with Gasteiger partial charge in [-0.3, -0.25) is 0 Å². The summed E-state index contributed by atoms with van der Waals surface area (Å²) in [5.41, 5.74) is 13.0. The molecule has 0 aliphatic carbocycles. The molecule has 0 spiro atoms. The van der Waals surface area contributed by atoms with E-state index < -0.39 is 0 Å². The van der Waals surface area contributed by atoms with Crippen LogP contribution in [-0.4, -0.2) is 0 Å². The molecule has 0 saturated carbocycles. The molecule has 1 aliphatic heterocycles. The van der Waals surface area contributed by atoms with Gasteiger partial charge in [0.15, 0.2) is 23.0 Å². The van der Waals surface area contributed by atoms with E-state index in [2.05, 4.69) is 230 Å². The van der Waals surface area contributed by atoms with Gasteiger partial charge in [-0.25, -0.2) is 0 Å². The molecule has 0 amide bonds. The minimum absolute atomic E-state index is 0.688. The number of fused-ring (bicyclic) bond motifs is 9. The first-order valence-corrected chi connectivity index (χ1v) is 25.9. The molecule has 0 atom stereocenters. The predicted molar refractivity (Wildman–Crippen MR) is 306 cm³/mol. The number of nitrogens with zero attached hydrogens (tertiary/aromatic N) is 2. The summed E-state index contributed by atoms with van der Waals surface area (Å²) >= 11 is 3.69. The van der Waals surface area contributed by atoms with Crippen molar-refractivity contribution in [2.45, 2.75) is 13.8 Å². The van der Waals surface area contributed by atoms with Crippen molar-refractivity contribution >= 4 is 108 Å². The molecule has 0 bridgehead atoms. The minimum atomic E-state index is 0.688. The lowest BCUT2D eigenvalue weighted by Gasteiger charge is -2.30. The smallest absolute Gasteiger partial charge is 0.179 e. The van der Waals surface area contributed by atoms with Gasteiger partial charge in [-0.15, -0.1) is 22.7 Å². The summed E-state index contributed by atoms with van der Waals surface area (Å²) in [6.45, 7) is 4.45. The maximum absolute atomic E-state index is 7.10. The van der Waals surface area contributed by atoms with E-state index in [0.29, 0.717) is 23.0 Å². The highest BCUT2D eigenvalue weighted by Gasteiger charge is 2.31. The van der Waals surface area contributed by atoms with Gasteiger partial charge in [-0.2, -0.15) is 0 Å². The van der Waals surface area contributed by atoms with Crippen LogP contribution in [0.1, 0.15) is 11.1 Å². The second-order valence-electron chi connectivity index (χ2n) is 18.5. The fraction of sp³-hybridized carbons (Fsp3) is 0.0303. The van der Waals surface area contributed by atoms with Gasteiger partial charge >= 0.3 is 0 Å². The predicted octanol–water partition coefficient (Wildman–Crippen LogP) is 20.4. The lowest BCUT2D eigenvalue weighted by Crippen LogP contribution is -2.12. The Balaban J connectivity index is 0.915. The Morgan fingerprint density at radius 2 is 0.750 bits per heavy atom. The number of thiophene rings is 2. The number of ether oxygens (including phenoxy) is 2. The number of rotatable bonds is 8. The van der Waals surface area contributed by atoms with Crippen molar-refractivity contribution in [1.29, 1.82) is 0 Å². The molecule has 6 heteroatoms. The van der Waals surface area contributed by atoms with Gasteiger partial charge in [0.2, 0.25) is 0 Å². The number of aryl methyl sites for hydroxylation is 2. The van der Waals surface area contributed by atoms with Crippen molar-refractivity contribution in [3.05, 3.63) is 242 Å². The standard InChI is InChI=1S/C66H44N2O2S2/c1-41-38-56(68(45-19-7-4-8-20-45)48-34-36-52-50-22-12-16-28-60(50)72-62(52)40-48)42(2)37-55(41)64-54-24-10-9-23-53(54)63(65-66(64)70-58-26-14-13-25-57(58)69-65)43-29-31-46(32-30-43)67(44-17-5-3-6-18-44)47-33-35-51-49-21-11-15-27-59(49)71-61(51)39-47/h3-40H,1-2H3. The summed E-state index contributed by atoms with van der Waals surface area (Å²) < 4.78 is 19.3. The molecule has 2 aromatic heterocycles. The van der Waals surface area contributed by atoms with Crippen molar-refractivity contribution in [2.75, 3.05) is 9.80 Å². The highest BCUT2D eigenvalue weighted by molar-refractivity contribution is 7.26. The first-order chi connectivity index (χ1) is 35.5. The van der Waals surface area contributed by atoms with Gasteiger partial charge in [0.05, 0.1) is 0 Å². The average Bonchev–Trinajstić information content (AvgIpc) is 4.00. The largest absolute Gasteiger partial charge is 0.449 e. The molecule has 4 nitrogen and oxygen atoms in total. The third kappa shape index (κ3) is 6.94. The van der Waals surface area contributed by atoms with Gasteiger partial charge in [-0.1, -0.05) is 133 Å². The zero-order chi connectivity index (χ0) is 47.9. The first kappa shape index (κ1) is 42.2. The number of benzene rings is 11. The Morgan fingerprint density at radius 3 is 1.33 bits per heavy atom. The second-order valence-corrected chi connectivity index (χ2v) is 20.7. The van der Waals surface area contributed by atoms with Crippen LogP contribution in [0, 0.1) is 13.8 Å². The van der Waals surface area contributed by atoms with Crippen molar-refractivity contribution in [3.63, 3.8) is 0 Å². The molecule has 72 heavy (non-hydrogen) atoms. The zero-order valence-corrected chi connectivity index (χ0v) is 41.1. The summed E-state index contributed by atoms with van der Waals surface area (Å²) in [7, 11) is 0. The summed E-state index contributed by atoms with van der Waals surface area (Å²) in [6, 6.07) is 82.7. The van der Waals surface area contributed by atoms with Crippen LogP contribution in [0.2, 0.25) is 0 Å². The fourth-order valence-electron chi connectivity index (χ4n) is 10.8. The van der Waals surface area contributed by atoms with E-state index in [4.69, 9.17) is 9.47 Å². The Bertz CT molecular complexity index is 4260. The quantitative estimate of drug-likeness (QED) is 0.151. The molecule has 0 fully saturated rings. The molecule has 14 rings (SSSR count). The monoisotopic (exact) mass is 960 g/mol. The average molecular weight is 961 g/mol. The van der Waals surface area contributed by atoms with Gasteiger partial charge < -0.3 is 19.3 Å². The maximum atomic E-state index is 7.10. The molecule has 13 aromatic rings. The van der Waals surface area contributed by atoms with Crippen LogP contribution in [-0.2, 0) is 0 Å². The Morgan fingerprint density at radius 1 is 0.319 bits per heavy atom. The SMILES string of the molecule is Cc1cc(N(c2ccccc2)c2ccc3c(c2)sc2ccccc23)c(C)cc1-c1c2c(c(-c3ccc(N(c4ccccc4)c4ccc5c(c4)sc4ccccc45)cc3)c3ccccc13)Oc1ccccc1O2. The van der Waals surface area contributed by atoms with Crippen LogP contribution in [0.5, 0.6) is 23.0 Å². The number of hydrogen-bond acceptors (Lipinski definition) is 6. The van der Waals surface area contributed by atoms with Crippen molar-refractivity contribution < 1.29 is 9.47 Å². The van der Waals surface area contributed by atoms with Gasteiger partial charge in [0.25, 0.3) is 0 Å². The zero-order valence-electron chi connectivity index (χ0n) is 39.5. The maximum Gasteiger partial charge on any atom is 0.179 e. The van der Waals surface area contributed by atoms with Gasteiger partial charge in [0.1, 0.15) is 0 Å². The molecular weight excluding hydrogens is 917 g/mol. The molecule has 3 heterocycles. The van der Waals surface area contributed by atoms with E-state index in [-0.39, 0.29) is 0 Å². The Labute approximate surface area is 425 Å². The number of hydrogen-bond donors (Lipinski definition) is 0. The molecule has 1 aliphatic rings. The van der Waals surface area contributed by atoms with E-state index in [9.17, 15) is 0 Å². The summed E-state index contributed by atoms with van der Waals surface area (Å²) in [5, 5.41) is 7.33. The molecule has 0 N–H and O–H groups in total. The Kier molecular flexibility index (Phi) is 9.98. The summed E-state index contributed by atoms with van der Waals surface area (Å²) in [5.74, 6) is 2.79. The summed E-state index contributed by atoms with van der Waals surface area (Å²) in [6.07, 6.45) is 0. The highest BCUT2D eigenvalue weighted by atomic mass is 32.1. The Hall–Kier alpha value is -8.68. The number of para-hydroxylation sites is 4. The van der Waals surface area contributed by atoms with Crippen molar-refractivity contribution in [2.24, 2.45) is 0 Å². The van der Waals surface area contributed by atoms with E-state index >= 15 is 0 Å². The third-order valence-corrected chi connectivity index (χ3v) is 16.4. The van der Waals surface area contributed by atoms with Crippen LogP contribution >= 0.6 is 22.7 Å². The molecule has 342 valence electrons. The van der Waals surface area contributed by atoms with E-state index in [0.717, 1.165) is 78.3 Å². The van der Waals surface area contributed by atoms with E-state index in [1.54, 1.807) is 0 Å². The second kappa shape index (κ2) is 17.0. The normalized spacial score (nSPS) is 12.0. The van der Waals surface area contributed by atoms with E-state index in [1.807, 2.05) is 46.9 Å². The first-order valence-electron chi connectivity index (χ1n) is 24.3. The van der Waals surface area contributed by atoms with Gasteiger partial charge in [-0.05, 0) is 144 Å². The minimum Gasteiger partial charge on any atom is -0.449 e. The van der Waals surface area contributed by atoms with Crippen molar-refractivity contribution in [3.8, 4) is 45.3 Å². The molecule has 0 saturated heterocycles. The topological polar surface area (TPSA) is 24.9 Å². The van der Waals surface area contributed by atoms with Gasteiger partial charge in [0, 0.05) is 85.6 Å². The lowest BCUT2D eigenvalue weighted by molar-refractivity contribution is 0.362. The lowest BCUT2D eigenvalue weighted by atomic mass is 9.87. The highest BCUT2D eigenvalue weighted by Crippen LogP contribution is 2.58. The molecule has 11 aromatic carbocycles. The van der Waals surface area contributed by atoms with Crippen LogP contribution in [0.4, 0.5) is 34.1 Å². The van der Waals surface area contributed by atoms with Crippen LogP contribution in [0.3, 0.4) is 0 Å². The number of anilines is 6. The fourth-order valence-corrected chi connectivity index (χ4v) is 13.1. The van der Waals surface area contributed by atoms with Crippen LogP contribution in [0.25, 0.3) is 73.4 Å². The summed E-state index contributed by atoms with van der Waals surface area (Å²) in [4.78, 5) is 4.74.